The van der Waals surface area contributed by atoms with E-state index in [4.69, 9.17) is 11.4 Å². The summed E-state index contributed by atoms with van der Waals surface area (Å²) in [6.45, 7) is 14.1. The standard InChI is InChI=1S/C19H14NS.3C2H6.I2.V/c1-3-7-15-10-12-16(13-11-15)18-14(2)21-19(20-18)17-8-5-4-6-9-17;4*1-2;/h4-6,8-13H,7H2,2H3;3*1-2H3;;/q-1;;;;;. The van der Waals surface area contributed by atoms with Crippen molar-refractivity contribution in [3.8, 4) is 27.7 Å². The Labute approximate surface area is 224 Å². The van der Waals surface area contributed by atoms with Crippen LogP contribution in [0.2, 0.25) is 0 Å². The molecule has 0 aliphatic heterocycles. The zero-order valence-electron chi connectivity index (χ0n) is 19.0. The van der Waals surface area contributed by atoms with Crippen LogP contribution in [0, 0.1) is 19.3 Å². The molecule has 1 heterocycles. The van der Waals surface area contributed by atoms with E-state index >= 15 is 0 Å². The van der Waals surface area contributed by atoms with Gasteiger partial charge in [0, 0.05) is 71.8 Å². The Morgan fingerprint density at radius 1 is 0.833 bits per heavy atom. The van der Waals surface area contributed by atoms with Crippen molar-refractivity contribution in [1.82, 2.24) is 4.98 Å². The van der Waals surface area contributed by atoms with Crippen molar-refractivity contribution in [1.29, 1.82) is 0 Å². The summed E-state index contributed by atoms with van der Waals surface area (Å²) in [5.41, 5.74) is 4.43. The third-order valence-corrected chi connectivity index (χ3v) is 4.36. The average Bonchev–Trinajstić information content (AvgIpc) is 3.22. The van der Waals surface area contributed by atoms with E-state index in [1.165, 1.54) is 4.88 Å². The smallest absolute Gasteiger partial charge is 0.124 e. The zero-order chi connectivity index (χ0) is 22.7. The second-order valence-corrected chi connectivity index (χ2v) is 6.04. The number of hydrogen-bond donors (Lipinski definition) is 0. The predicted octanol–water partition coefficient (Wildman–Crippen LogP) is 9.77. The van der Waals surface area contributed by atoms with Gasteiger partial charge >= 0.3 is 0 Å². The van der Waals surface area contributed by atoms with Crippen LogP contribution >= 0.6 is 48.6 Å². The van der Waals surface area contributed by atoms with Crippen LogP contribution in [0.3, 0.4) is 0 Å². The monoisotopic (exact) mass is 683 g/mol. The van der Waals surface area contributed by atoms with Crippen molar-refractivity contribution in [2.75, 3.05) is 0 Å². The van der Waals surface area contributed by atoms with Gasteiger partial charge in [-0.3, -0.25) is 0 Å². The van der Waals surface area contributed by atoms with Gasteiger partial charge in [-0.1, -0.05) is 96.1 Å². The molecule has 0 aliphatic rings. The van der Waals surface area contributed by atoms with E-state index in [1.807, 2.05) is 71.9 Å². The Morgan fingerprint density at radius 3 is 1.80 bits per heavy atom. The van der Waals surface area contributed by atoms with Crippen LogP contribution in [0.15, 0.2) is 54.6 Å². The maximum Gasteiger partial charge on any atom is 0.124 e. The summed E-state index contributed by atoms with van der Waals surface area (Å²) in [4.78, 5) is 6.01. The van der Waals surface area contributed by atoms with Crippen molar-refractivity contribution in [3.63, 3.8) is 0 Å². The van der Waals surface area contributed by atoms with Gasteiger partial charge in [0.2, 0.25) is 0 Å². The minimum absolute atomic E-state index is 0. The minimum atomic E-state index is 0. The SMILES string of the molecule is CC.CC.CC.II.[C-]#CCc1ccc(-c2nc(-c3ccccc3)sc2C)cc1.[V]. The van der Waals surface area contributed by atoms with Crippen molar-refractivity contribution < 1.29 is 18.6 Å². The van der Waals surface area contributed by atoms with Crippen LogP contribution in [0.1, 0.15) is 52.0 Å². The number of thiazole rings is 1. The predicted molar refractivity (Wildman–Crippen MR) is 151 cm³/mol. The Balaban J connectivity index is -0.000000729. The van der Waals surface area contributed by atoms with Gasteiger partial charge in [0.05, 0.1) is 5.69 Å². The van der Waals surface area contributed by atoms with Crippen LogP contribution in [-0.4, -0.2) is 4.98 Å². The molecule has 1 radical (unpaired) electrons. The van der Waals surface area contributed by atoms with Crippen LogP contribution < -0.4 is 0 Å². The summed E-state index contributed by atoms with van der Waals surface area (Å²) in [5, 5.41) is 1.06. The van der Waals surface area contributed by atoms with Crippen molar-refractivity contribution in [2.45, 2.75) is 54.9 Å². The van der Waals surface area contributed by atoms with Crippen molar-refractivity contribution >= 4 is 48.6 Å². The first-order valence-electron chi connectivity index (χ1n) is 9.94. The molecule has 1 nitrogen and oxygen atoms in total. The second kappa shape index (κ2) is 23.3. The summed E-state index contributed by atoms with van der Waals surface area (Å²) in [5.74, 6) is 2.42. The summed E-state index contributed by atoms with van der Waals surface area (Å²) in [6.07, 6.45) is 7.59. The van der Waals surface area contributed by atoms with E-state index in [1.54, 1.807) is 11.3 Å². The van der Waals surface area contributed by atoms with E-state index in [-0.39, 0.29) is 18.6 Å². The normalized spacial score (nSPS) is 8.00. The molecule has 0 saturated carbocycles. The number of rotatable bonds is 3. The molecule has 5 heteroatoms. The van der Waals surface area contributed by atoms with E-state index in [0.29, 0.717) is 6.42 Å². The molecule has 30 heavy (non-hydrogen) atoms. The molecule has 2 aromatic carbocycles. The number of aromatic nitrogens is 1. The van der Waals surface area contributed by atoms with E-state index < -0.39 is 0 Å². The van der Waals surface area contributed by atoms with Crippen LogP contribution in [-0.2, 0) is 25.0 Å². The number of nitrogens with zero attached hydrogens (tertiary/aromatic N) is 1. The van der Waals surface area contributed by atoms with Gasteiger partial charge < -0.3 is 12.3 Å². The van der Waals surface area contributed by atoms with Crippen LogP contribution in [0.25, 0.3) is 21.8 Å². The summed E-state index contributed by atoms with van der Waals surface area (Å²) < 4.78 is 0. The summed E-state index contributed by atoms with van der Waals surface area (Å²) >= 11 is 5.96. The minimum Gasteiger partial charge on any atom is -0.693 e. The first kappa shape index (κ1) is 34.3. The van der Waals surface area contributed by atoms with Gasteiger partial charge in [0.1, 0.15) is 5.01 Å². The molecule has 0 saturated heterocycles. The molecular weight excluding hydrogens is 651 g/mol. The fourth-order valence-electron chi connectivity index (χ4n) is 2.25. The summed E-state index contributed by atoms with van der Waals surface area (Å²) in [6, 6.07) is 18.5. The largest absolute Gasteiger partial charge is 0.693 e. The van der Waals surface area contributed by atoms with E-state index in [2.05, 4.69) is 74.3 Å². The molecule has 0 fully saturated rings. The molecule has 1 aromatic heterocycles. The Bertz CT molecular complexity index is 794. The Kier molecular flexibility index (Phi) is 26.7. The second-order valence-electron chi connectivity index (χ2n) is 4.84. The molecule has 0 amide bonds. The van der Waals surface area contributed by atoms with E-state index in [0.717, 1.165) is 27.4 Å². The van der Waals surface area contributed by atoms with E-state index in [9.17, 15) is 0 Å². The van der Waals surface area contributed by atoms with Crippen molar-refractivity contribution in [3.05, 3.63) is 71.5 Å². The average molecular weight is 683 g/mol. The third kappa shape index (κ3) is 11.9. The van der Waals surface area contributed by atoms with Crippen LogP contribution in [0.5, 0.6) is 0 Å². The topological polar surface area (TPSA) is 12.9 Å². The molecule has 0 N–H and O–H groups in total. The number of aryl methyl sites for hydroxylation is 1. The number of hydrogen-bond acceptors (Lipinski definition) is 2. The Hall–Kier alpha value is -0.326. The van der Waals surface area contributed by atoms with Gasteiger partial charge in [-0.25, -0.2) is 4.98 Å². The van der Waals surface area contributed by atoms with Gasteiger partial charge in [-0.2, -0.15) is 0 Å². The van der Waals surface area contributed by atoms with Crippen LogP contribution in [0.4, 0.5) is 0 Å². The molecule has 0 bridgehead atoms. The molecule has 0 aliphatic carbocycles. The number of benzene rings is 2. The molecular formula is C25H32I2NSV-. The van der Waals surface area contributed by atoms with Crippen molar-refractivity contribution in [2.24, 2.45) is 0 Å². The molecule has 0 unspecified atom stereocenters. The molecule has 3 rings (SSSR count). The molecule has 163 valence electrons. The molecule has 3 aromatic rings. The first-order valence-corrected chi connectivity index (χ1v) is 17.0. The first-order chi connectivity index (χ1) is 14.3. The maximum absolute atomic E-state index is 7.03. The fraction of sp³-hybridized carbons (Fsp3) is 0.320. The quantitative estimate of drug-likeness (QED) is 0.152. The molecule has 0 spiro atoms. The maximum atomic E-state index is 7.03. The van der Waals surface area contributed by atoms with Gasteiger partial charge in [-0.05, 0) is 18.9 Å². The van der Waals surface area contributed by atoms with Gasteiger partial charge in [0.25, 0.3) is 0 Å². The van der Waals surface area contributed by atoms with Gasteiger partial charge in [0.15, 0.2) is 0 Å². The third-order valence-electron chi connectivity index (χ3n) is 3.34. The fourth-order valence-corrected chi connectivity index (χ4v) is 3.19. The van der Waals surface area contributed by atoms with Gasteiger partial charge in [-0.15, -0.1) is 11.3 Å². The molecule has 0 atom stereocenters. The Morgan fingerprint density at radius 2 is 1.33 bits per heavy atom. The number of halogens is 2. The summed E-state index contributed by atoms with van der Waals surface area (Å²) in [7, 11) is 0. The zero-order valence-corrected chi connectivity index (χ0v) is 25.5.